The Balaban J connectivity index is 0.000000841. The second-order valence-corrected chi connectivity index (χ2v) is 4.50. The van der Waals surface area contributed by atoms with Gasteiger partial charge < -0.3 is 14.9 Å². The van der Waals surface area contributed by atoms with E-state index in [1.54, 1.807) is 18.2 Å². The summed E-state index contributed by atoms with van der Waals surface area (Å²) >= 11 is 0. The van der Waals surface area contributed by atoms with Crippen molar-refractivity contribution in [1.29, 1.82) is 0 Å². The summed E-state index contributed by atoms with van der Waals surface area (Å²) < 4.78 is 4.83. The molecule has 1 aromatic rings. The second-order valence-electron chi connectivity index (χ2n) is 4.50. The number of rotatable bonds is 8. The van der Waals surface area contributed by atoms with E-state index in [1.165, 1.54) is 6.07 Å². The van der Waals surface area contributed by atoms with Crippen LogP contribution >= 0.6 is 0 Å². The SMILES string of the molecule is C=CCc1ccc(C(=O)O)c(C(=O)O)c1CC=C.CCOCC. The summed E-state index contributed by atoms with van der Waals surface area (Å²) in [6.45, 7) is 12.8. The zero-order valence-electron chi connectivity index (χ0n) is 13.7. The summed E-state index contributed by atoms with van der Waals surface area (Å²) in [4.78, 5) is 22.3. The van der Waals surface area contributed by atoms with E-state index >= 15 is 0 Å². The fourth-order valence-corrected chi connectivity index (χ4v) is 2.04. The first-order valence-corrected chi connectivity index (χ1v) is 7.35. The lowest BCUT2D eigenvalue weighted by Gasteiger charge is -2.12. The van der Waals surface area contributed by atoms with Gasteiger partial charge >= 0.3 is 11.9 Å². The Bertz CT molecular complexity index is 559. The van der Waals surface area contributed by atoms with Crippen LogP contribution in [0.3, 0.4) is 0 Å². The molecule has 0 aliphatic rings. The number of ether oxygens (including phenoxy) is 1. The molecule has 126 valence electrons. The molecule has 0 spiro atoms. The fraction of sp³-hybridized carbons (Fsp3) is 0.333. The van der Waals surface area contributed by atoms with Gasteiger partial charge in [-0.1, -0.05) is 18.2 Å². The smallest absolute Gasteiger partial charge is 0.336 e. The fourth-order valence-electron chi connectivity index (χ4n) is 2.04. The van der Waals surface area contributed by atoms with Gasteiger partial charge in [0.2, 0.25) is 0 Å². The number of hydrogen-bond acceptors (Lipinski definition) is 3. The quantitative estimate of drug-likeness (QED) is 0.715. The van der Waals surface area contributed by atoms with Gasteiger partial charge in [-0.15, -0.1) is 13.2 Å². The molecule has 0 atom stereocenters. The Hall–Kier alpha value is -2.40. The predicted molar refractivity (Wildman–Crippen MR) is 90.3 cm³/mol. The van der Waals surface area contributed by atoms with Crippen molar-refractivity contribution in [3.63, 3.8) is 0 Å². The van der Waals surface area contributed by atoms with Crippen LogP contribution in [-0.4, -0.2) is 35.4 Å². The van der Waals surface area contributed by atoms with Crippen molar-refractivity contribution in [2.24, 2.45) is 0 Å². The van der Waals surface area contributed by atoms with Gasteiger partial charge in [-0.25, -0.2) is 9.59 Å². The Kier molecular flexibility index (Phi) is 10.0. The third kappa shape index (κ3) is 6.48. The number of carbonyl (C=O) groups is 2. The van der Waals surface area contributed by atoms with E-state index in [2.05, 4.69) is 13.2 Å². The average Bonchev–Trinajstić information content (AvgIpc) is 2.50. The molecule has 0 aliphatic carbocycles. The van der Waals surface area contributed by atoms with Crippen molar-refractivity contribution >= 4 is 11.9 Å². The van der Waals surface area contributed by atoms with Crippen LogP contribution in [0.15, 0.2) is 37.4 Å². The van der Waals surface area contributed by atoms with Crippen LogP contribution in [-0.2, 0) is 17.6 Å². The number of benzene rings is 1. The summed E-state index contributed by atoms with van der Waals surface area (Å²) in [7, 11) is 0. The molecule has 0 radical (unpaired) electrons. The number of carboxylic acids is 2. The molecule has 0 saturated heterocycles. The predicted octanol–water partition coefficient (Wildman–Crippen LogP) is 3.58. The Morgan fingerprint density at radius 3 is 1.96 bits per heavy atom. The summed E-state index contributed by atoms with van der Waals surface area (Å²) in [5.74, 6) is -2.49. The van der Waals surface area contributed by atoms with E-state index in [0.29, 0.717) is 18.4 Å². The number of aromatic carboxylic acids is 2. The third-order valence-electron chi connectivity index (χ3n) is 2.98. The van der Waals surface area contributed by atoms with Gasteiger partial charge in [-0.05, 0) is 43.9 Å². The van der Waals surface area contributed by atoms with Gasteiger partial charge in [-0.2, -0.15) is 0 Å². The van der Waals surface area contributed by atoms with E-state index in [0.717, 1.165) is 18.8 Å². The lowest BCUT2D eigenvalue weighted by atomic mass is 9.92. The maximum absolute atomic E-state index is 11.3. The molecule has 2 N–H and O–H groups in total. The Morgan fingerprint density at radius 2 is 1.61 bits per heavy atom. The highest BCUT2D eigenvalue weighted by Gasteiger charge is 2.21. The van der Waals surface area contributed by atoms with Gasteiger partial charge in [-0.3, -0.25) is 0 Å². The molecule has 0 bridgehead atoms. The maximum atomic E-state index is 11.3. The summed E-state index contributed by atoms with van der Waals surface area (Å²) in [5.41, 5.74) is 0.874. The molecule has 0 aromatic heterocycles. The molecule has 23 heavy (non-hydrogen) atoms. The highest BCUT2D eigenvalue weighted by molar-refractivity contribution is 6.03. The largest absolute Gasteiger partial charge is 0.478 e. The van der Waals surface area contributed by atoms with Crippen LogP contribution in [0.4, 0.5) is 0 Å². The molecule has 5 heteroatoms. The van der Waals surface area contributed by atoms with Gasteiger partial charge in [0, 0.05) is 13.2 Å². The zero-order valence-corrected chi connectivity index (χ0v) is 13.7. The van der Waals surface area contributed by atoms with E-state index in [1.807, 2.05) is 13.8 Å². The Labute approximate surface area is 136 Å². The molecule has 0 fully saturated rings. The Morgan fingerprint density at radius 1 is 1.04 bits per heavy atom. The first kappa shape index (κ1) is 20.6. The number of hydrogen-bond donors (Lipinski definition) is 2. The van der Waals surface area contributed by atoms with Crippen molar-refractivity contribution in [3.8, 4) is 0 Å². The van der Waals surface area contributed by atoms with Crippen molar-refractivity contribution in [2.75, 3.05) is 13.2 Å². The highest BCUT2D eigenvalue weighted by atomic mass is 16.5. The number of allylic oxidation sites excluding steroid dienone is 2. The first-order chi connectivity index (χ1) is 10.9. The van der Waals surface area contributed by atoms with Crippen molar-refractivity contribution in [3.05, 3.63) is 59.7 Å². The van der Waals surface area contributed by atoms with Gasteiger partial charge in [0.25, 0.3) is 0 Å². The van der Waals surface area contributed by atoms with Crippen LogP contribution in [0.25, 0.3) is 0 Å². The van der Waals surface area contributed by atoms with Crippen LogP contribution < -0.4 is 0 Å². The monoisotopic (exact) mass is 320 g/mol. The molecule has 0 amide bonds. The second kappa shape index (κ2) is 11.2. The standard InChI is InChI=1S/C14H14O4.C4H10O/c1-3-5-9-7-8-11(13(15)16)12(14(17)18)10(9)6-4-2;1-3-5-4-2/h3-4,7-8H,1-2,5-6H2,(H,15,16)(H,17,18);3-4H2,1-2H3. The van der Waals surface area contributed by atoms with Gasteiger partial charge in [0.15, 0.2) is 0 Å². The molecule has 0 aliphatic heterocycles. The summed E-state index contributed by atoms with van der Waals surface area (Å²) in [6.07, 6.45) is 4.00. The van der Waals surface area contributed by atoms with Gasteiger partial charge in [0.1, 0.15) is 0 Å². The molecule has 1 aromatic carbocycles. The normalized spacial score (nSPS) is 9.48. The summed E-state index contributed by atoms with van der Waals surface area (Å²) in [6, 6.07) is 2.94. The minimum Gasteiger partial charge on any atom is -0.478 e. The van der Waals surface area contributed by atoms with Crippen LogP contribution in [0.5, 0.6) is 0 Å². The van der Waals surface area contributed by atoms with E-state index in [9.17, 15) is 14.7 Å². The maximum Gasteiger partial charge on any atom is 0.336 e. The number of carboxylic acid groups (broad SMARTS) is 2. The first-order valence-electron chi connectivity index (χ1n) is 7.35. The van der Waals surface area contributed by atoms with Gasteiger partial charge in [0.05, 0.1) is 11.1 Å². The molecule has 0 saturated carbocycles. The van der Waals surface area contributed by atoms with Crippen molar-refractivity contribution in [1.82, 2.24) is 0 Å². The molecule has 0 heterocycles. The lowest BCUT2D eigenvalue weighted by Crippen LogP contribution is -2.13. The van der Waals surface area contributed by atoms with Crippen molar-refractivity contribution in [2.45, 2.75) is 26.7 Å². The van der Waals surface area contributed by atoms with E-state index in [4.69, 9.17) is 9.84 Å². The van der Waals surface area contributed by atoms with Crippen molar-refractivity contribution < 1.29 is 24.5 Å². The molecular weight excluding hydrogens is 296 g/mol. The lowest BCUT2D eigenvalue weighted by molar-refractivity contribution is 0.0650. The minimum absolute atomic E-state index is 0.165. The third-order valence-corrected chi connectivity index (χ3v) is 2.98. The molecule has 1 rings (SSSR count). The van der Waals surface area contributed by atoms with E-state index < -0.39 is 11.9 Å². The van der Waals surface area contributed by atoms with Crippen LogP contribution in [0.2, 0.25) is 0 Å². The average molecular weight is 320 g/mol. The van der Waals surface area contributed by atoms with Crippen LogP contribution in [0, 0.1) is 0 Å². The molecular formula is C18H24O5. The molecule has 5 nitrogen and oxygen atoms in total. The zero-order chi connectivity index (χ0) is 17.8. The van der Waals surface area contributed by atoms with Crippen LogP contribution in [0.1, 0.15) is 45.7 Å². The topological polar surface area (TPSA) is 83.8 Å². The minimum atomic E-state index is -1.25. The highest BCUT2D eigenvalue weighted by Crippen LogP contribution is 2.22. The molecule has 0 unspecified atom stereocenters. The summed E-state index contributed by atoms with van der Waals surface area (Å²) in [5, 5.41) is 18.2. The van der Waals surface area contributed by atoms with E-state index in [-0.39, 0.29) is 11.1 Å².